The SMILES string of the molecule is CCOc1cc(-c2cc(NCCc3ccc4occc4c3)ncn2)ccc1OCC(=O)O. The Kier molecular flexibility index (Phi) is 6.50. The Hall–Kier alpha value is -4.07. The van der Waals surface area contributed by atoms with E-state index in [0.29, 0.717) is 36.2 Å². The molecule has 32 heavy (non-hydrogen) atoms. The highest BCUT2D eigenvalue weighted by molar-refractivity contribution is 5.77. The van der Waals surface area contributed by atoms with Gasteiger partial charge in [0.05, 0.1) is 18.6 Å². The van der Waals surface area contributed by atoms with E-state index in [0.717, 1.165) is 23.0 Å². The number of furan rings is 1. The molecule has 2 aromatic heterocycles. The van der Waals surface area contributed by atoms with E-state index in [4.69, 9.17) is 19.0 Å². The standard InChI is InChI=1S/C24H23N3O5/c1-2-30-22-12-17(4-6-21(22)32-14-24(28)29)19-13-23(27-15-26-19)25-9-7-16-3-5-20-18(11-16)8-10-31-20/h3-6,8,10-13,15H,2,7,9,14H2,1H3,(H,28,29)(H,25,26,27). The number of fused-ring (bicyclic) bond motifs is 1. The summed E-state index contributed by atoms with van der Waals surface area (Å²) in [5, 5.41) is 13.3. The molecular weight excluding hydrogens is 410 g/mol. The highest BCUT2D eigenvalue weighted by atomic mass is 16.5. The summed E-state index contributed by atoms with van der Waals surface area (Å²) in [6, 6.07) is 15.3. The molecule has 4 rings (SSSR count). The highest BCUT2D eigenvalue weighted by Gasteiger charge is 2.11. The molecule has 2 aromatic carbocycles. The Morgan fingerprint density at radius 3 is 2.81 bits per heavy atom. The van der Waals surface area contributed by atoms with Gasteiger partial charge >= 0.3 is 5.97 Å². The average molecular weight is 433 g/mol. The second-order valence-electron chi connectivity index (χ2n) is 7.03. The molecule has 0 amide bonds. The summed E-state index contributed by atoms with van der Waals surface area (Å²) in [4.78, 5) is 19.5. The summed E-state index contributed by atoms with van der Waals surface area (Å²) < 4.78 is 16.3. The smallest absolute Gasteiger partial charge is 0.341 e. The van der Waals surface area contributed by atoms with Crippen molar-refractivity contribution >= 4 is 22.8 Å². The molecule has 0 radical (unpaired) electrons. The monoisotopic (exact) mass is 433 g/mol. The first kappa shape index (κ1) is 21.2. The number of benzene rings is 2. The Labute approximate surface area is 184 Å². The van der Waals surface area contributed by atoms with E-state index in [-0.39, 0.29) is 0 Å². The molecule has 4 aromatic rings. The van der Waals surface area contributed by atoms with Crippen LogP contribution < -0.4 is 14.8 Å². The lowest BCUT2D eigenvalue weighted by atomic mass is 10.1. The molecule has 0 fully saturated rings. The van der Waals surface area contributed by atoms with Crippen LogP contribution in [-0.4, -0.2) is 40.8 Å². The fourth-order valence-corrected chi connectivity index (χ4v) is 3.31. The predicted molar refractivity (Wildman–Crippen MR) is 120 cm³/mol. The van der Waals surface area contributed by atoms with E-state index in [1.165, 1.54) is 11.9 Å². The van der Waals surface area contributed by atoms with Gasteiger partial charge in [0.15, 0.2) is 18.1 Å². The number of carboxylic acids is 1. The molecular formula is C24H23N3O5. The van der Waals surface area contributed by atoms with Crippen LogP contribution in [0.5, 0.6) is 11.5 Å². The third-order valence-corrected chi connectivity index (χ3v) is 4.79. The number of nitrogens with one attached hydrogen (secondary N) is 1. The lowest BCUT2D eigenvalue weighted by Gasteiger charge is -2.13. The van der Waals surface area contributed by atoms with E-state index < -0.39 is 12.6 Å². The summed E-state index contributed by atoms with van der Waals surface area (Å²) in [5.41, 5.74) is 3.62. The lowest BCUT2D eigenvalue weighted by molar-refractivity contribution is -0.139. The zero-order valence-corrected chi connectivity index (χ0v) is 17.6. The van der Waals surface area contributed by atoms with Crippen molar-refractivity contribution in [3.8, 4) is 22.8 Å². The van der Waals surface area contributed by atoms with Gasteiger partial charge in [0.25, 0.3) is 0 Å². The number of rotatable bonds is 10. The Bertz CT molecular complexity index is 1220. The molecule has 164 valence electrons. The summed E-state index contributed by atoms with van der Waals surface area (Å²) in [5.74, 6) is 0.505. The fraction of sp³-hybridized carbons (Fsp3) is 0.208. The van der Waals surface area contributed by atoms with Gasteiger partial charge in [-0.05, 0) is 55.3 Å². The van der Waals surface area contributed by atoms with E-state index >= 15 is 0 Å². The zero-order valence-electron chi connectivity index (χ0n) is 17.6. The van der Waals surface area contributed by atoms with Gasteiger partial charge in [-0.1, -0.05) is 6.07 Å². The number of hydrogen-bond acceptors (Lipinski definition) is 7. The van der Waals surface area contributed by atoms with Crippen molar-refractivity contribution in [3.63, 3.8) is 0 Å². The Morgan fingerprint density at radius 2 is 1.97 bits per heavy atom. The number of aliphatic carboxylic acids is 1. The molecule has 0 aliphatic rings. The third kappa shape index (κ3) is 5.15. The number of hydrogen-bond donors (Lipinski definition) is 2. The number of nitrogens with zero attached hydrogens (tertiary/aromatic N) is 2. The van der Waals surface area contributed by atoms with Gasteiger partial charge in [-0.2, -0.15) is 0 Å². The summed E-state index contributed by atoms with van der Waals surface area (Å²) in [7, 11) is 0. The van der Waals surface area contributed by atoms with Crippen LogP contribution in [0.15, 0.2) is 65.5 Å². The molecule has 0 bridgehead atoms. The van der Waals surface area contributed by atoms with Crippen LogP contribution in [0.2, 0.25) is 0 Å². The number of aromatic nitrogens is 2. The normalized spacial score (nSPS) is 10.8. The molecule has 2 heterocycles. The first-order chi connectivity index (χ1) is 15.6. The fourth-order valence-electron chi connectivity index (χ4n) is 3.31. The molecule has 0 aliphatic carbocycles. The molecule has 0 atom stereocenters. The first-order valence-electron chi connectivity index (χ1n) is 10.3. The number of ether oxygens (including phenoxy) is 2. The quantitative estimate of drug-likeness (QED) is 0.379. The van der Waals surface area contributed by atoms with Crippen LogP contribution in [0.1, 0.15) is 12.5 Å². The van der Waals surface area contributed by atoms with Crippen molar-refractivity contribution in [2.24, 2.45) is 0 Å². The molecule has 0 saturated carbocycles. The zero-order chi connectivity index (χ0) is 22.3. The number of carbonyl (C=O) groups is 1. The summed E-state index contributed by atoms with van der Waals surface area (Å²) >= 11 is 0. The van der Waals surface area contributed by atoms with Crippen molar-refractivity contribution in [1.82, 2.24) is 9.97 Å². The average Bonchev–Trinajstić information content (AvgIpc) is 3.26. The van der Waals surface area contributed by atoms with E-state index in [2.05, 4.69) is 27.4 Å². The molecule has 0 saturated heterocycles. The van der Waals surface area contributed by atoms with Crippen molar-refractivity contribution in [1.29, 1.82) is 0 Å². The van der Waals surface area contributed by atoms with Crippen LogP contribution in [-0.2, 0) is 11.2 Å². The minimum Gasteiger partial charge on any atom is -0.490 e. The lowest BCUT2D eigenvalue weighted by Crippen LogP contribution is -2.10. The van der Waals surface area contributed by atoms with Crippen LogP contribution in [0.25, 0.3) is 22.2 Å². The maximum atomic E-state index is 10.8. The van der Waals surface area contributed by atoms with E-state index in [1.807, 2.05) is 31.2 Å². The van der Waals surface area contributed by atoms with Crippen molar-refractivity contribution in [2.45, 2.75) is 13.3 Å². The van der Waals surface area contributed by atoms with Crippen molar-refractivity contribution < 1.29 is 23.8 Å². The number of carboxylic acid groups (broad SMARTS) is 1. The van der Waals surface area contributed by atoms with Crippen LogP contribution in [0.3, 0.4) is 0 Å². The maximum Gasteiger partial charge on any atom is 0.341 e. The molecule has 0 aliphatic heterocycles. The topological polar surface area (TPSA) is 107 Å². The van der Waals surface area contributed by atoms with Crippen molar-refractivity contribution in [2.75, 3.05) is 25.1 Å². The van der Waals surface area contributed by atoms with Crippen LogP contribution >= 0.6 is 0 Å². The largest absolute Gasteiger partial charge is 0.490 e. The van der Waals surface area contributed by atoms with Gasteiger partial charge in [0.1, 0.15) is 17.7 Å². The molecule has 0 unspecified atom stereocenters. The van der Waals surface area contributed by atoms with E-state index in [1.54, 1.807) is 18.4 Å². The minimum absolute atomic E-state index is 0.375. The van der Waals surface area contributed by atoms with Crippen molar-refractivity contribution in [3.05, 3.63) is 66.7 Å². The van der Waals surface area contributed by atoms with Crippen LogP contribution in [0.4, 0.5) is 5.82 Å². The van der Waals surface area contributed by atoms with Gasteiger partial charge < -0.3 is 24.3 Å². The van der Waals surface area contributed by atoms with Crippen LogP contribution in [0, 0.1) is 0 Å². The number of anilines is 1. The second kappa shape index (κ2) is 9.82. The van der Waals surface area contributed by atoms with Gasteiger partial charge in [-0.25, -0.2) is 14.8 Å². The minimum atomic E-state index is -1.05. The summed E-state index contributed by atoms with van der Waals surface area (Å²) in [6.45, 7) is 2.55. The second-order valence-corrected chi connectivity index (χ2v) is 7.03. The third-order valence-electron chi connectivity index (χ3n) is 4.79. The first-order valence-corrected chi connectivity index (χ1v) is 10.3. The highest BCUT2D eigenvalue weighted by Crippen LogP contribution is 2.32. The van der Waals surface area contributed by atoms with Gasteiger partial charge in [-0.15, -0.1) is 0 Å². The summed E-state index contributed by atoms with van der Waals surface area (Å²) in [6.07, 6.45) is 4.03. The molecule has 8 nitrogen and oxygen atoms in total. The maximum absolute atomic E-state index is 10.8. The Morgan fingerprint density at radius 1 is 1.06 bits per heavy atom. The van der Waals surface area contributed by atoms with Gasteiger partial charge in [-0.3, -0.25) is 0 Å². The van der Waals surface area contributed by atoms with Gasteiger partial charge in [0, 0.05) is 23.6 Å². The Balaban J connectivity index is 1.44. The van der Waals surface area contributed by atoms with Gasteiger partial charge in [0.2, 0.25) is 0 Å². The predicted octanol–water partition coefficient (Wildman–Crippen LogP) is 4.41. The molecule has 0 spiro atoms. The molecule has 2 N–H and O–H groups in total. The van der Waals surface area contributed by atoms with E-state index in [9.17, 15) is 4.79 Å². The molecule has 8 heteroatoms.